The number of Topliss-reactive ketones (excluding diaryl/α,β-unsaturated/α-hetero) is 1. The second-order valence-electron chi connectivity index (χ2n) is 3.25. The van der Waals surface area contributed by atoms with Gasteiger partial charge in [-0.15, -0.1) is 0 Å². The van der Waals surface area contributed by atoms with Crippen LogP contribution in [0.15, 0.2) is 22.7 Å². The zero-order valence-corrected chi connectivity index (χ0v) is 10.6. The second kappa shape index (κ2) is 5.91. The molecule has 1 aromatic rings. The molecular formula is C12H15BrO2. The van der Waals surface area contributed by atoms with Crippen LogP contribution < -0.4 is 4.74 Å². The van der Waals surface area contributed by atoms with Crippen molar-refractivity contribution in [3.63, 3.8) is 0 Å². The topological polar surface area (TPSA) is 26.3 Å². The predicted molar refractivity (Wildman–Crippen MR) is 64.5 cm³/mol. The van der Waals surface area contributed by atoms with Crippen molar-refractivity contribution in [3.8, 4) is 5.75 Å². The van der Waals surface area contributed by atoms with Crippen molar-refractivity contribution in [1.82, 2.24) is 0 Å². The van der Waals surface area contributed by atoms with Crippen molar-refractivity contribution >= 4 is 21.7 Å². The lowest BCUT2D eigenvalue weighted by Crippen LogP contribution is -2.01. The van der Waals surface area contributed by atoms with Gasteiger partial charge in [-0.2, -0.15) is 0 Å². The van der Waals surface area contributed by atoms with Gasteiger partial charge in [0.2, 0.25) is 0 Å². The van der Waals surface area contributed by atoms with E-state index in [1.165, 1.54) is 0 Å². The van der Waals surface area contributed by atoms with Gasteiger partial charge < -0.3 is 4.74 Å². The molecular weight excluding hydrogens is 256 g/mol. The van der Waals surface area contributed by atoms with Gasteiger partial charge in [-0.3, -0.25) is 4.79 Å². The molecule has 1 aromatic carbocycles. The summed E-state index contributed by atoms with van der Waals surface area (Å²) in [6.07, 6.45) is 1.44. The van der Waals surface area contributed by atoms with Crippen LogP contribution in [0.2, 0.25) is 0 Å². The van der Waals surface area contributed by atoms with Gasteiger partial charge in [-0.25, -0.2) is 0 Å². The molecule has 0 unspecified atom stereocenters. The fraction of sp³-hybridized carbons (Fsp3) is 0.417. The van der Waals surface area contributed by atoms with Crippen LogP contribution in [0.3, 0.4) is 0 Å². The molecule has 0 saturated heterocycles. The minimum absolute atomic E-state index is 0.158. The van der Waals surface area contributed by atoms with E-state index in [-0.39, 0.29) is 5.78 Å². The van der Waals surface area contributed by atoms with E-state index in [2.05, 4.69) is 15.9 Å². The van der Waals surface area contributed by atoms with Crippen LogP contribution in [0, 0.1) is 0 Å². The smallest absolute Gasteiger partial charge is 0.164 e. The molecule has 0 aliphatic rings. The molecule has 15 heavy (non-hydrogen) atoms. The van der Waals surface area contributed by atoms with Crippen molar-refractivity contribution in [2.45, 2.75) is 26.7 Å². The van der Waals surface area contributed by atoms with Gasteiger partial charge in [-0.1, -0.05) is 22.9 Å². The largest absolute Gasteiger partial charge is 0.494 e. The minimum atomic E-state index is 0.158. The number of hydrogen-bond donors (Lipinski definition) is 0. The number of ketones is 1. The minimum Gasteiger partial charge on any atom is -0.494 e. The van der Waals surface area contributed by atoms with Crippen LogP contribution in [-0.4, -0.2) is 12.4 Å². The Balaban J connectivity index is 2.94. The Hall–Kier alpha value is -0.830. The van der Waals surface area contributed by atoms with Crippen LogP contribution in [-0.2, 0) is 0 Å². The maximum Gasteiger partial charge on any atom is 0.164 e. The summed E-state index contributed by atoms with van der Waals surface area (Å²) in [6, 6.07) is 5.51. The SMILES string of the molecule is CCCC(=O)c1cc(OCC)ccc1Br. The first kappa shape index (κ1) is 12.2. The van der Waals surface area contributed by atoms with Crippen LogP contribution in [0.25, 0.3) is 0 Å². The molecule has 0 amide bonds. The first-order chi connectivity index (χ1) is 7.19. The number of ether oxygens (including phenoxy) is 1. The van der Waals surface area contributed by atoms with Crippen LogP contribution in [0.1, 0.15) is 37.0 Å². The van der Waals surface area contributed by atoms with E-state index in [0.29, 0.717) is 18.6 Å². The Morgan fingerprint density at radius 2 is 2.13 bits per heavy atom. The molecule has 0 N–H and O–H groups in total. The average Bonchev–Trinajstić information content (AvgIpc) is 2.21. The third-order valence-electron chi connectivity index (χ3n) is 2.03. The Kier molecular flexibility index (Phi) is 4.82. The molecule has 0 heterocycles. The van der Waals surface area contributed by atoms with E-state index in [1.54, 1.807) is 6.07 Å². The molecule has 0 aromatic heterocycles. The molecule has 0 aliphatic carbocycles. The standard InChI is InChI=1S/C12H15BrO2/c1-3-5-12(14)10-8-9(15-4-2)6-7-11(10)13/h6-8H,3-5H2,1-2H3. The number of carbonyl (C=O) groups is 1. The Bertz CT molecular complexity index is 347. The van der Waals surface area contributed by atoms with E-state index in [0.717, 1.165) is 16.6 Å². The van der Waals surface area contributed by atoms with Crippen molar-refractivity contribution in [2.75, 3.05) is 6.61 Å². The zero-order chi connectivity index (χ0) is 11.3. The van der Waals surface area contributed by atoms with E-state index in [9.17, 15) is 4.79 Å². The molecule has 2 nitrogen and oxygen atoms in total. The summed E-state index contributed by atoms with van der Waals surface area (Å²) < 4.78 is 6.19. The van der Waals surface area contributed by atoms with Gasteiger partial charge in [0.05, 0.1) is 6.61 Å². The number of benzene rings is 1. The molecule has 0 bridgehead atoms. The van der Waals surface area contributed by atoms with Crippen LogP contribution in [0.5, 0.6) is 5.75 Å². The fourth-order valence-electron chi connectivity index (χ4n) is 1.34. The van der Waals surface area contributed by atoms with Crippen molar-refractivity contribution in [2.24, 2.45) is 0 Å². The zero-order valence-electron chi connectivity index (χ0n) is 9.05. The summed E-state index contributed by atoms with van der Waals surface area (Å²) in [5, 5.41) is 0. The first-order valence-electron chi connectivity index (χ1n) is 5.14. The normalized spacial score (nSPS) is 10.1. The monoisotopic (exact) mass is 270 g/mol. The highest BCUT2D eigenvalue weighted by molar-refractivity contribution is 9.10. The Labute approximate surface area is 98.8 Å². The summed E-state index contributed by atoms with van der Waals surface area (Å²) in [4.78, 5) is 11.7. The maximum atomic E-state index is 11.7. The second-order valence-corrected chi connectivity index (χ2v) is 4.10. The van der Waals surface area contributed by atoms with Gasteiger partial charge in [0.25, 0.3) is 0 Å². The van der Waals surface area contributed by atoms with Gasteiger partial charge in [0.15, 0.2) is 5.78 Å². The number of carbonyl (C=O) groups excluding carboxylic acids is 1. The van der Waals surface area contributed by atoms with Gasteiger partial charge in [0.1, 0.15) is 5.75 Å². The lowest BCUT2D eigenvalue weighted by atomic mass is 10.1. The molecule has 1 rings (SSSR count). The third-order valence-corrected chi connectivity index (χ3v) is 2.72. The molecule has 0 saturated carbocycles. The third kappa shape index (κ3) is 3.34. The predicted octanol–water partition coefficient (Wildman–Crippen LogP) is 3.83. The summed E-state index contributed by atoms with van der Waals surface area (Å²) >= 11 is 3.38. The quantitative estimate of drug-likeness (QED) is 0.761. The number of hydrogen-bond acceptors (Lipinski definition) is 2. The van der Waals surface area contributed by atoms with Crippen molar-refractivity contribution in [3.05, 3.63) is 28.2 Å². The van der Waals surface area contributed by atoms with E-state index in [4.69, 9.17) is 4.74 Å². The van der Waals surface area contributed by atoms with Crippen molar-refractivity contribution < 1.29 is 9.53 Å². The summed E-state index contributed by atoms with van der Waals surface area (Å²) in [5.41, 5.74) is 0.711. The molecule has 0 spiro atoms. The first-order valence-corrected chi connectivity index (χ1v) is 5.93. The van der Waals surface area contributed by atoms with Gasteiger partial charge in [-0.05, 0) is 31.5 Å². The molecule has 82 valence electrons. The van der Waals surface area contributed by atoms with E-state index >= 15 is 0 Å². The van der Waals surface area contributed by atoms with Gasteiger partial charge >= 0.3 is 0 Å². The summed E-state index contributed by atoms with van der Waals surface area (Å²) in [6.45, 7) is 4.54. The maximum absolute atomic E-state index is 11.7. The summed E-state index contributed by atoms with van der Waals surface area (Å²) in [7, 11) is 0. The highest BCUT2D eigenvalue weighted by Crippen LogP contribution is 2.24. The molecule has 0 radical (unpaired) electrons. The highest BCUT2D eigenvalue weighted by Gasteiger charge is 2.10. The van der Waals surface area contributed by atoms with Crippen LogP contribution >= 0.6 is 15.9 Å². The fourth-order valence-corrected chi connectivity index (χ4v) is 1.80. The van der Waals surface area contributed by atoms with Crippen LogP contribution in [0.4, 0.5) is 0 Å². The molecule has 0 atom stereocenters. The summed E-state index contributed by atoms with van der Waals surface area (Å²) in [5.74, 6) is 0.908. The van der Waals surface area contributed by atoms with E-state index < -0.39 is 0 Å². The van der Waals surface area contributed by atoms with E-state index in [1.807, 2.05) is 26.0 Å². The Morgan fingerprint density at radius 1 is 1.40 bits per heavy atom. The lowest BCUT2D eigenvalue weighted by molar-refractivity contribution is 0.0980. The van der Waals surface area contributed by atoms with Gasteiger partial charge in [0, 0.05) is 16.5 Å². The van der Waals surface area contributed by atoms with Crippen molar-refractivity contribution in [1.29, 1.82) is 0 Å². The number of halogens is 1. The Morgan fingerprint density at radius 3 is 2.73 bits per heavy atom. The molecule has 3 heteroatoms. The average molecular weight is 271 g/mol. The lowest BCUT2D eigenvalue weighted by Gasteiger charge is -2.07. The molecule has 0 aliphatic heterocycles. The number of rotatable bonds is 5. The highest BCUT2D eigenvalue weighted by atomic mass is 79.9. The molecule has 0 fully saturated rings.